The van der Waals surface area contributed by atoms with Crippen LogP contribution >= 0.6 is 0 Å². The van der Waals surface area contributed by atoms with E-state index < -0.39 is 0 Å². The normalized spacial score (nSPS) is 21.2. The van der Waals surface area contributed by atoms with Gasteiger partial charge < -0.3 is 15.4 Å². The zero-order chi connectivity index (χ0) is 10.3. The molecule has 78 valence electrons. The van der Waals surface area contributed by atoms with Crippen molar-refractivity contribution in [3.05, 3.63) is 24.0 Å². The first-order chi connectivity index (χ1) is 7.33. The lowest BCUT2D eigenvalue weighted by molar-refractivity contribution is 0.476. The summed E-state index contributed by atoms with van der Waals surface area (Å²) in [5.74, 6) is 1.25. The van der Waals surface area contributed by atoms with Gasteiger partial charge in [-0.2, -0.15) is 0 Å². The monoisotopic (exact) mass is 203 g/mol. The molecule has 1 aromatic heterocycles. The van der Waals surface area contributed by atoms with E-state index in [9.17, 15) is 5.11 Å². The van der Waals surface area contributed by atoms with E-state index in [-0.39, 0.29) is 5.75 Å². The Kier molecular flexibility index (Phi) is 1.89. The van der Waals surface area contributed by atoms with Crippen LogP contribution in [-0.2, 0) is 0 Å². The van der Waals surface area contributed by atoms with Crippen molar-refractivity contribution in [2.24, 2.45) is 0 Å². The molecule has 1 fully saturated rings. The van der Waals surface area contributed by atoms with E-state index in [4.69, 9.17) is 0 Å². The summed E-state index contributed by atoms with van der Waals surface area (Å²) in [5.41, 5.74) is 1.82. The lowest BCUT2D eigenvalue weighted by atomic mass is 10.2. The zero-order valence-corrected chi connectivity index (χ0v) is 8.33. The number of aromatic hydroxyl groups is 1. The fraction of sp³-hybridized carbons (Fsp3) is 0.364. The average molecular weight is 203 g/mol. The molecule has 1 saturated heterocycles. The number of phenolic OH excluding ortho intramolecular Hbond substituents is 1. The van der Waals surface area contributed by atoms with Crippen molar-refractivity contribution in [3.63, 3.8) is 0 Å². The number of aromatic nitrogens is 2. The summed E-state index contributed by atoms with van der Waals surface area (Å²) in [6.07, 6.45) is 2.33. The largest absolute Gasteiger partial charge is 0.508 e. The molecule has 1 unspecified atom stereocenters. The summed E-state index contributed by atoms with van der Waals surface area (Å²) in [7, 11) is 0. The highest BCUT2D eigenvalue weighted by molar-refractivity contribution is 5.76. The number of nitrogens with zero attached hydrogens (tertiary/aromatic N) is 1. The van der Waals surface area contributed by atoms with Crippen LogP contribution < -0.4 is 5.32 Å². The van der Waals surface area contributed by atoms with Crippen molar-refractivity contribution in [2.45, 2.75) is 18.9 Å². The molecule has 3 N–H and O–H groups in total. The van der Waals surface area contributed by atoms with Crippen molar-refractivity contribution >= 4 is 11.0 Å². The summed E-state index contributed by atoms with van der Waals surface area (Å²) >= 11 is 0. The van der Waals surface area contributed by atoms with Crippen LogP contribution in [0, 0.1) is 0 Å². The van der Waals surface area contributed by atoms with E-state index >= 15 is 0 Å². The minimum absolute atomic E-state index is 0.275. The van der Waals surface area contributed by atoms with Crippen LogP contribution in [0.15, 0.2) is 18.2 Å². The van der Waals surface area contributed by atoms with Crippen LogP contribution in [0.5, 0.6) is 5.75 Å². The van der Waals surface area contributed by atoms with Gasteiger partial charge in [0.05, 0.1) is 17.1 Å². The van der Waals surface area contributed by atoms with E-state index in [1.165, 1.54) is 6.42 Å². The predicted molar refractivity (Wildman–Crippen MR) is 57.7 cm³/mol. The number of hydrogen-bond acceptors (Lipinski definition) is 3. The minimum atomic E-state index is 0.275. The molecule has 0 saturated carbocycles. The molecule has 0 bridgehead atoms. The fourth-order valence-corrected chi connectivity index (χ4v) is 2.10. The van der Waals surface area contributed by atoms with E-state index in [1.807, 2.05) is 6.07 Å². The third-order valence-corrected chi connectivity index (χ3v) is 2.87. The Morgan fingerprint density at radius 1 is 1.40 bits per heavy atom. The van der Waals surface area contributed by atoms with E-state index in [2.05, 4.69) is 15.3 Å². The SMILES string of the molecule is Oc1ccc2nc(C3CCCN3)[nH]c2c1. The van der Waals surface area contributed by atoms with Crippen LogP contribution in [0.4, 0.5) is 0 Å². The van der Waals surface area contributed by atoms with Crippen molar-refractivity contribution in [3.8, 4) is 5.75 Å². The first-order valence-corrected chi connectivity index (χ1v) is 5.25. The maximum Gasteiger partial charge on any atom is 0.124 e. The van der Waals surface area contributed by atoms with Gasteiger partial charge in [-0.05, 0) is 31.5 Å². The number of hydrogen-bond donors (Lipinski definition) is 3. The molecule has 15 heavy (non-hydrogen) atoms. The molecular weight excluding hydrogens is 190 g/mol. The van der Waals surface area contributed by atoms with Crippen LogP contribution in [0.2, 0.25) is 0 Å². The van der Waals surface area contributed by atoms with Gasteiger partial charge in [-0.25, -0.2) is 4.98 Å². The number of benzene rings is 1. The Bertz CT molecular complexity index is 486. The van der Waals surface area contributed by atoms with Gasteiger partial charge in [0.2, 0.25) is 0 Å². The zero-order valence-electron chi connectivity index (χ0n) is 8.33. The number of nitrogens with one attached hydrogen (secondary N) is 2. The highest BCUT2D eigenvalue weighted by atomic mass is 16.3. The van der Waals surface area contributed by atoms with Crippen molar-refractivity contribution < 1.29 is 5.11 Å². The molecule has 2 aromatic rings. The standard InChI is InChI=1S/C11H13N3O/c15-7-3-4-8-10(6-7)14-11(13-8)9-2-1-5-12-9/h3-4,6,9,12,15H,1-2,5H2,(H,13,14). The van der Waals surface area contributed by atoms with Crippen molar-refractivity contribution in [1.29, 1.82) is 0 Å². The molecule has 2 heterocycles. The molecule has 0 aliphatic carbocycles. The molecule has 4 heteroatoms. The fourth-order valence-electron chi connectivity index (χ4n) is 2.10. The predicted octanol–water partition coefficient (Wildman–Crippen LogP) is 1.69. The summed E-state index contributed by atoms with van der Waals surface area (Å²) in [6, 6.07) is 5.55. The maximum absolute atomic E-state index is 9.34. The lowest BCUT2D eigenvalue weighted by Crippen LogP contribution is -2.13. The number of aromatic amines is 1. The Morgan fingerprint density at radius 2 is 2.33 bits per heavy atom. The number of rotatable bonds is 1. The highest BCUT2D eigenvalue weighted by Gasteiger charge is 2.19. The minimum Gasteiger partial charge on any atom is -0.508 e. The Hall–Kier alpha value is -1.55. The maximum atomic E-state index is 9.34. The number of H-pyrrole nitrogens is 1. The molecule has 0 radical (unpaired) electrons. The second-order valence-corrected chi connectivity index (χ2v) is 3.97. The van der Waals surface area contributed by atoms with Crippen LogP contribution in [0.25, 0.3) is 11.0 Å². The Labute approximate surface area is 87.3 Å². The van der Waals surface area contributed by atoms with Gasteiger partial charge in [-0.1, -0.05) is 0 Å². The molecule has 1 aliphatic rings. The van der Waals surface area contributed by atoms with Gasteiger partial charge in [0, 0.05) is 6.07 Å². The van der Waals surface area contributed by atoms with Crippen LogP contribution in [0.3, 0.4) is 0 Å². The number of fused-ring (bicyclic) bond motifs is 1. The highest BCUT2D eigenvalue weighted by Crippen LogP contribution is 2.24. The summed E-state index contributed by atoms with van der Waals surface area (Å²) < 4.78 is 0. The summed E-state index contributed by atoms with van der Waals surface area (Å²) in [5, 5.41) is 12.7. The van der Waals surface area contributed by atoms with Gasteiger partial charge in [-0.3, -0.25) is 0 Å². The van der Waals surface area contributed by atoms with Crippen LogP contribution in [-0.4, -0.2) is 21.6 Å². The van der Waals surface area contributed by atoms with Gasteiger partial charge in [0.15, 0.2) is 0 Å². The van der Waals surface area contributed by atoms with Gasteiger partial charge in [0.1, 0.15) is 11.6 Å². The van der Waals surface area contributed by atoms with Gasteiger partial charge >= 0.3 is 0 Å². The van der Waals surface area contributed by atoms with Gasteiger partial charge in [0.25, 0.3) is 0 Å². The van der Waals surface area contributed by atoms with E-state index in [0.717, 1.165) is 29.8 Å². The first kappa shape index (κ1) is 8.73. The third kappa shape index (κ3) is 1.47. The molecule has 4 nitrogen and oxygen atoms in total. The molecule has 1 aliphatic heterocycles. The topological polar surface area (TPSA) is 60.9 Å². The average Bonchev–Trinajstić information content (AvgIpc) is 2.84. The summed E-state index contributed by atoms with van der Waals surface area (Å²) in [6.45, 7) is 1.06. The smallest absolute Gasteiger partial charge is 0.124 e. The number of imidazole rings is 1. The van der Waals surface area contributed by atoms with E-state index in [0.29, 0.717) is 6.04 Å². The molecule has 0 spiro atoms. The molecule has 1 atom stereocenters. The second kappa shape index (κ2) is 3.24. The quantitative estimate of drug-likeness (QED) is 0.661. The third-order valence-electron chi connectivity index (χ3n) is 2.87. The lowest BCUT2D eigenvalue weighted by Gasteiger charge is -2.04. The van der Waals surface area contributed by atoms with Crippen molar-refractivity contribution in [1.82, 2.24) is 15.3 Å². The van der Waals surface area contributed by atoms with E-state index in [1.54, 1.807) is 12.1 Å². The van der Waals surface area contributed by atoms with Crippen molar-refractivity contribution in [2.75, 3.05) is 6.54 Å². The molecule has 3 rings (SSSR count). The summed E-state index contributed by atoms with van der Waals surface area (Å²) in [4.78, 5) is 7.75. The van der Waals surface area contributed by atoms with Gasteiger partial charge in [-0.15, -0.1) is 0 Å². The van der Waals surface area contributed by atoms with Crippen LogP contribution in [0.1, 0.15) is 24.7 Å². The molecular formula is C11H13N3O. The Morgan fingerprint density at radius 3 is 3.13 bits per heavy atom. The molecule has 1 aromatic carbocycles. The first-order valence-electron chi connectivity index (χ1n) is 5.25. The number of phenols is 1. The Balaban J connectivity index is 2.05. The molecule has 0 amide bonds. The second-order valence-electron chi connectivity index (χ2n) is 3.97.